The molecule has 0 saturated carbocycles. The summed E-state index contributed by atoms with van der Waals surface area (Å²) in [5.74, 6) is -0.700. The predicted octanol–water partition coefficient (Wildman–Crippen LogP) is 3.42. The standard InChI is InChI=1S/C17H18BrFN4O/c1-17(2,3)23-7-6-9-8-10(4-5-11(9)16(23)24)12-15(20)22-14(19)13(18)21-12/h4-5,8H,6-7H2,1-3H3,(H2,20,22). The molecule has 24 heavy (non-hydrogen) atoms. The summed E-state index contributed by atoms with van der Waals surface area (Å²) in [6.45, 7) is 6.73. The van der Waals surface area contributed by atoms with Crippen molar-refractivity contribution in [2.45, 2.75) is 32.7 Å². The normalized spacial score (nSPS) is 14.7. The number of carbonyl (C=O) groups is 1. The summed E-state index contributed by atoms with van der Waals surface area (Å²) >= 11 is 3.03. The van der Waals surface area contributed by atoms with Crippen molar-refractivity contribution < 1.29 is 9.18 Å². The molecule has 0 saturated heterocycles. The Kier molecular flexibility index (Phi) is 4.07. The number of nitrogens with zero attached hydrogens (tertiary/aromatic N) is 3. The minimum Gasteiger partial charge on any atom is -0.382 e. The molecule has 1 aromatic heterocycles. The van der Waals surface area contributed by atoms with Gasteiger partial charge in [0.05, 0.1) is 0 Å². The second-order valence-corrected chi connectivity index (χ2v) is 7.54. The number of rotatable bonds is 1. The topological polar surface area (TPSA) is 72.1 Å². The third kappa shape index (κ3) is 2.88. The Morgan fingerprint density at radius 1 is 1.29 bits per heavy atom. The number of hydrogen-bond donors (Lipinski definition) is 1. The molecule has 0 fully saturated rings. The Morgan fingerprint density at radius 3 is 2.67 bits per heavy atom. The SMILES string of the molecule is CC(C)(C)N1CCc2cc(-c3nc(Br)c(F)nc3N)ccc2C1=O. The Balaban J connectivity index is 2.03. The van der Waals surface area contributed by atoms with Gasteiger partial charge in [0.2, 0.25) is 5.95 Å². The van der Waals surface area contributed by atoms with Crippen LogP contribution in [0.1, 0.15) is 36.7 Å². The van der Waals surface area contributed by atoms with Gasteiger partial charge in [0.15, 0.2) is 10.4 Å². The maximum Gasteiger partial charge on any atom is 0.254 e. The Hall–Kier alpha value is -2.02. The Labute approximate surface area is 148 Å². The zero-order chi connectivity index (χ0) is 17.6. The van der Waals surface area contributed by atoms with Crippen LogP contribution in [0.5, 0.6) is 0 Å². The highest BCUT2D eigenvalue weighted by Crippen LogP contribution is 2.31. The van der Waals surface area contributed by atoms with E-state index in [-0.39, 0.29) is 21.9 Å². The summed E-state index contributed by atoms with van der Waals surface area (Å²) in [6, 6.07) is 5.44. The van der Waals surface area contributed by atoms with Crippen LogP contribution in [0.2, 0.25) is 0 Å². The van der Waals surface area contributed by atoms with Crippen LogP contribution in [0, 0.1) is 5.95 Å². The monoisotopic (exact) mass is 392 g/mol. The summed E-state index contributed by atoms with van der Waals surface area (Å²) < 4.78 is 13.4. The lowest BCUT2D eigenvalue weighted by atomic mass is 9.92. The molecule has 7 heteroatoms. The minimum absolute atomic E-state index is 0.0133. The lowest BCUT2D eigenvalue weighted by Gasteiger charge is -2.39. The van der Waals surface area contributed by atoms with Crippen LogP contribution in [0.25, 0.3) is 11.3 Å². The quantitative estimate of drug-likeness (QED) is 0.806. The fourth-order valence-electron chi connectivity index (χ4n) is 2.89. The van der Waals surface area contributed by atoms with Crippen LogP contribution >= 0.6 is 15.9 Å². The van der Waals surface area contributed by atoms with E-state index in [2.05, 4.69) is 25.9 Å². The molecule has 1 aliphatic heterocycles. The van der Waals surface area contributed by atoms with Crippen molar-refractivity contribution in [3.05, 3.63) is 39.9 Å². The first-order valence-electron chi connectivity index (χ1n) is 7.62. The number of anilines is 1. The van der Waals surface area contributed by atoms with Gasteiger partial charge in [-0.15, -0.1) is 0 Å². The highest BCUT2D eigenvalue weighted by atomic mass is 79.9. The molecule has 0 atom stereocenters. The maximum atomic E-state index is 13.4. The molecule has 0 bridgehead atoms. The van der Waals surface area contributed by atoms with Crippen LogP contribution in [0.15, 0.2) is 22.8 Å². The molecule has 0 radical (unpaired) electrons. The zero-order valence-electron chi connectivity index (χ0n) is 13.7. The molecule has 2 heterocycles. The molecule has 3 rings (SSSR count). The van der Waals surface area contributed by atoms with Crippen LogP contribution < -0.4 is 5.73 Å². The first-order valence-corrected chi connectivity index (χ1v) is 8.41. The van der Waals surface area contributed by atoms with E-state index >= 15 is 0 Å². The van der Waals surface area contributed by atoms with Gasteiger partial charge < -0.3 is 10.6 Å². The van der Waals surface area contributed by atoms with Gasteiger partial charge in [-0.25, -0.2) is 4.98 Å². The van der Waals surface area contributed by atoms with Gasteiger partial charge in [-0.2, -0.15) is 9.37 Å². The van der Waals surface area contributed by atoms with E-state index in [4.69, 9.17) is 5.73 Å². The molecular formula is C17H18BrFN4O. The molecule has 5 nitrogen and oxygen atoms in total. The largest absolute Gasteiger partial charge is 0.382 e. The molecule has 1 aliphatic rings. The fraction of sp³-hybridized carbons (Fsp3) is 0.353. The van der Waals surface area contributed by atoms with Crippen molar-refractivity contribution in [2.75, 3.05) is 12.3 Å². The van der Waals surface area contributed by atoms with Gasteiger partial charge >= 0.3 is 0 Å². The average molecular weight is 393 g/mol. The number of carbonyl (C=O) groups excluding carboxylic acids is 1. The number of nitrogens with two attached hydrogens (primary N) is 1. The number of benzene rings is 1. The summed E-state index contributed by atoms with van der Waals surface area (Å²) in [4.78, 5) is 22.3. The van der Waals surface area contributed by atoms with E-state index in [1.54, 1.807) is 12.1 Å². The van der Waals surface area contributed by atoms with Crippen molar-refractivity contribution in [3.63, 3.8) is 0 Å². The Morgan fingerprint density at radius 2 is 2.00 bits per heavy atom. The number of fused-ring (bicyclic) bond motifs is 1. The minimum atomic E-state index is -0.745. The second kappa shape index (κ2) is 5.81. The second-order valence-electron chi connectivity index (χ2n) is 6.79. The first-order chi connectivity index (χ1) is 11.2. The van der Waals surface area contributed by atoms with Gasteiger partial charge in [-0.1, -0.05) is 6.07 Å². The summed E-state index contributed by atoms with van der Waals surface area (Å²) in [5.41, 5.74) is 8.33. The maximum absolute atomic E-state index is 13.4. The molecule has 0 spiro atoms. The van der Waals surface area contributed by atoms with E-state index in [0.29, 0.717) is 17.8 Å². The smallest absolute Gasteiger partial charge is 0.254 e. The molecule has 0 aliphatic carbocycles. The molecule has 1 aromatic carbocycles. The zero-order valence-corrected chi connectivity index (χ0v) is 15.3. The van der Waals surface area contributed by atoms with Crippen LogP contribution in [-0.2, 0) is 6.42 Å². The van der Waals surface area contributed by atoms with Crippen molar-refractivity contribution in [1.82, 2.24) is 14.9 Å². The number of halogens is 2. The van der Waals surface area contributed by atoms with E-state index in [0.717, 1.165) is 17.5 Å². The third-order valence-electron chi connectivity index (χ3n) is 4.11. The molecule has 2 aromatic rings. The van der Waals surface area contributed by atoms with E-state index < -0.39 is 5.95 Å². The highest BCUT2D eigenvalue weighted by molar-refractivity contribution is 9.10. The van der Waals surface area contributed by atoms with E-state index in [1.807, 2.05) is 31.7 Å². The molecule has 126 valence electrons. The molecular weight excluding hydrogens is 375 g/mol. The summed E-state index contributed by atoms with van der Waals surface area (Å²) in [5, 5.41) is 0. The summed E-state index contributed by atoms with van der Waals surface area (Å²) in [6.07, 6.45) is 0.752. The number of amides is 1. The van der Waals surface area contributed by atoms with E-state index in [9.17, 15) is 9.18 Å². The fourth-order valence-corrected chi connectivity index (χ4v) is 3.16. The van der Waals surface area contributed by atoms with Gasteiger partial charge in [-0.3, -0.25) is 4.79 Å². The van der Waals surface area contributed by atoms with E-state index in [1.165, 1.54) is 0 Å². The lowest BCUT2D eigenvalue weighted by Crippen LogP contribution is -2.49. The highest BCUT2D eigenvalue weighted by Gasteiger charge is 2.32. The average Bonchev–Trinajstić information content (AvgIpc) is 2.49. The first kappa shape index (κ1) is 16.8. The van der Waals surface area contributed by atoms with Crippen molar-refractivity contribution in [1.29, 1.82) is 0 Å². The number of nitrogen functional groups attached to an aromatic ring is 1. The third-order valence-corrected chi connectivity index (χ3v) is 4.61. The Bertz CT molecular complexity index is 832. The lowest BCUT2D eigenvalue weighted by molar-refractivity contribution is 0.0562. The van der Waals surface area contributed by atoms with Crippen LogP contribution in [0.3, 0.4) is 0 Å². The van der Waals surface area contributed by atoms with Crippen LogP contribution in [0.4, 0.5) is 10.2 Å². The number of aromatic nitrogens is 2. The van der Waals surface area contributed by atoms with Gasteiger partial charge in [-0.05, 0) is 60.8 Å². The molecule has 0 unspecified atom stereocenters. The predicted molar refractivity (Wildman–Crippen MR) is 94.0 cm³/mol. The van der Waals surface area contributed by atoms with Gasteiger partial charge in [0.1, 0.15) is 5.69 Å². The molecule has 1 amide bonds. The molecule has 2 N–H and O–H groups in total. The van der Waals surface area contributed by atoms with Crippen molar-refractivity contribution in [2.24, 2.45) is 0 Å². The van der Waals surface area contributed by atoms with Crippen molar-refractivity contribution in [3.8, 4) is 11.3 Å². The number of hydrogen-bond acceptors (Lipinski definition) is 4. The van der Waals surface area contributed by atoms with Gasteiger partial charge in [0, 0.05) is 23.2 Å². The van der Waals surface area contributed by atoms with Crippen molar-refractivity contribution >= 4 is 27.7 Å². The van der Waals surface area contributed by atoms with Gasteiger partial charge in [0.25, 0.3) is 5.91 Å². The van der Waals surface area contributed by atoms with Crippen LogP contribution in [-0.4, -0.2) is 32.9 Å². The summed E-state index contributed by atoms with van der Waals surface area (Å²) in [7, 11) is 0.